The topological polar surface area (TPSA) is 24.9 Å². The van der Waals surface area contributed by atoms with Gasteiger partial charge < -0.3 is 5.32 Å². The molecule has 1 N–H and O–H groups in total. The molecular weight excluding hydrogens is 228 g/mol. The van der Waals surface area contributed by atoms with Crippen molar-refractivity contribution < 1.29 is 0 Å². The van der Waals surface area contributed by atoms with Gasteiger partial charge in [-0.25, -0.2) is 4.98 Å². The van der Waals surface area contributed by atoms with Gasteiger partial charge in [0.25, 0.3) is 0 Å². The maximum Gasteiger partial charge on any atom is 0.0900 e. The molecule has 0 radical (unpaired) electrons. The first-order valence-electron chi connectivity index (χ1n) is 6.84. The highest BCUT2D eigenvalue weighted by molar-refractivity contribution is 7.11. The fourth-order valence-corrected chi connectivity index (χ4v) is 3.80. The van der Waals surface area contributed by atoms with Crippen LogP contribution in [0.15, 0.2) is 0 Å². The van der Waals surface area contributed by atoms with Crippen LogP contribution in [0.3, 0.4) is 0 Å². The minimum absolute atomic E-state index is 0.461. The van der Waals surface area contributed by atoms with Crippen molar-refractivity contribution in [2.45, 2.75) is 58.9 Å². The van der Waals surface area contributed by atoms with Gasteiger partial charge in [0.1, 0.15) is 0 Å². The first kappa shape index (κ1) is 13.0. The molecule has 1 aliphatic rings. The Balaban J connectivity index is 1.76. The van der Waals surface area contributed by atoms with Crippen molar-refractivity contribution in [3.63, 3.8) is 0 Å². The van der Waals surface area contributed by atoms with Gasteiger partial charge in [-0.15, -0.1) is 11.3 Å². The first-order chi connectivity index (χ1) is 8.16. The molecule has 1 aliphatic carbocycles. The molecule has 2 rings (SSSR count). The van der Waals surface area contributed by atoms with Crippen LogP contribution in [0.5, 0.6) is 0 Å². The Labute approximate surface area is 109 Å². The highest BCUT2D eigenvalue weighted by Crippen LogP contribution is 2.28. The molecule has 2 nitrogen and oxygen atoms in total. The van der Waals surface area contributed by atoms with Gasteiger partial charge in [0.2, 0.25) is 0 Å². The van der Waals surface area contributed by atoms with Gasteiger partial charge in [0.05, 0.1) is 10.7 Å². The third-order valence-electron chi connectivity index (χ3n) is 3.81. The minimum Gasteiger partial charge on any atom is -0.309 e. The van der Waals surface area contributed by atoms with E-state index < -0.39 is 0 Å². The van der Waals surface area contributed by atoms with E-state index in [4.69, 9.17) is 0 Å². The van der Waals surface area contributed by atoms with E-state index in [1.54, 1.807) is 0 Å². The van der Waals surface area contributed by atoms with Gasteiger partial charge >= 0.3 is 0 Å². The van der Waals surface area contributed by atoms with E-state index in [9.17, 15) is 0 Å². The van der Waals surface area contributed by atoms with Crippen LogP contribution < -0.4 is 5.32 Å². The average Bonchev–Trinajstić information content (AvgIpc) is 2.88. The van der Waals surface area contributed by atoms with Crippen molar-refractivity contribution in [1.29, 1.82) is 0 Å². The summed E-state index contributed by atoms with van der Waals surface area (Å²) in [5.74, 6) is 0.985. The summed E-state index contributed by atoms with van der Waals surface area (Å²) in [5, 5.41) is 4.83. The van der Waals surface area contributed by atoms with Crippen LogP contribution in [-0.2, 0) is 0 Å². The number of nitrogens with one attached hydrogen (secondary N) is 1. The van der Waals surface area contributed by atoms with Crippen molar-refractivity contribution in [3.05, 3.63) is 15.6 Å². The fourth-order valence-electron chi connectivity index (χ4n) is 2.84. The monoisotopic (exact) mass is 252 g/mol. The predicted molar refractivity (Wildman–Crippen MR) is 74.6 cm³/mol. The first-order valence-corrected chi connectivity index (χ1v) is 7.65. The third kappa shape index (κ3) is 3.52. The van der Waals surface area contributed by atoms with E-state index in [0.717, 1.165) is 12.5 Å². The van der Waals surface area contributed by atoms with Crippen LogP contribution in [-0.4, -0.2) is 11.5 Å². The molecule has 1 aromatic heterocycles. The molecule has 1 aromatic rings. The van der Waals surface area contributed by atoms with Crippen LogP contribution >= 0.6 is 11.3 Å². The Bertz CT molecular complexity index is 353. The van der Waals surface area contributed by atoms with Crippen molar-refractivity contribution in [2.24, 2.45) is 5.92 Å². The third-order valence-corrected chi connectivity index (χ3v) is 5.07. The second-order valence-electron chi connectivity index (χ2n) is 5.30. The summed E-state index contributed by atoms with van der Waals surface area (Å²) in [6, 6.07) is 0.461. The average molecular weight is 252 g/mol. The molecule has 0 saturated heterocycles. The quantitative estimate of drug-likeness (QED) is 0.857. The van der Waals surface area contributed by atoms with Gasteiger partial charge in [0, 0.05) is 10.9 Å². The SMILES string of the molecule is Cc1nc(C)c(C(C)NCCC2CCCC2)s1. The fraction of sp³-hybridized carbons (Fsp3) is 0.786. The van der Waals surface area contributed by atoms with Crippen LogP contribution in [0.4, 0.5) is 0 Å². The summed E-state index contributed by atoms with van der Waals surface area (Å²) in [4.78, 5) is 5.91. The molecule has 1 atom stereocenters. The van der Waals surface area contributed by atoms with Crippen molar-refractivity contribution >= 4 is 11.3 Å². The zero-order valence-corrected chi connectivity index (χ0v) is 12.1. The lowest BCUT2D eigenvalue weighted by molar-refractivity contribution is 0.456. The molecule has 0 aromatic carbocycles. The summed E-state index contributed by atoms with van der Waals surface area (Å²) < 4.78 is 0. The molecule has 96 valence electrons. The molecule has 1 unspecified atom stereocenters. The molecule has 17 heavy (non-hydrogen) atoms. The normalized spacial score (nSPS) is 18.8. The summed E-state index contributed by atoms with van der Waals surface area (Å²) in [5.41, 5.74) is 1.20. The second kappa shape index (κ2) is 5.96. The minimum atomic E-state index is 0.461. The van der Waals surface area contributed by atoms with Gasteiger partial charge in [-0.05, 0) is 39.7 Å². The van der Waals surface area contributed by atoms with E-state index in [1.807, 2.05) is 11.3 Å². The van der Waals surface area contributed by atoms with Crippen LogP contribution in [0.1, 0.15) is 60.6 Å². The molecule has 1 heterocycles. The zero-order chi connectivity index (χ0) is 12.3. The molecule has 0 bridgehead atoms. The number of aryl methyl sites for hydroxylation is 2. The number of rotatable bonds is 5. The van der Waals surface area contributed by atoms with Crippen LogP contribution in [0.25, 0.3) is 0 Å². The zero-order valence-electron chi connectivity index (χ0n) is 11.3. The van der Waals surface area contributed by atoms with E-state index in [-0.39, 0.29) is 0 Å². The van der Waals surface area contributed by atoms with Gasteiger partial charge in [-0.3, -0.25) is 0 Å². The highest BCUT2D eigenvalue weighted by Gasteiger charge is 2.16. The largest absolute Gasteiger partial charge is 0.309 e. The lowest BCUT2D eigenvalue weighted by Gasteiger charge is -2.15. The van der Waals surface area contributed by atoms with Gasteiger partial charge in [0.15, 0.2) is 0 Å². The van der Waals surface area contributed by atoms with Crippen molar-refractivity contribution in [1.82, 2.24) is 10.3 Å². The highest BCUT2D eigenvalue weighted by atomic mass is 32.1. The van der Waals surface area contributed by atoms with Crippen LogP contribution in [0, 0.1) is 19.8 Å². The van der Waals surface area contributed by atoms with E-state index >= 15 is 0 Å². The molecule has 1 saturated carbocycles. The Morgan fingerprint density at radius 3 is 2.65 bits per heavy atom. The molecular formula is C14H24N2S. The second-order valence-corrected chi connectivity index (χ2v) is 6.53. The van der Waals surface area contributed by atoms with E-state index in [2.05, 4.69) is 31.1 Å². The number of nitrogens with zero attached hydrogens (tertiary/aromatic N) is 1. The van der Waals surface area contributed by atoms with Gasteiger partial charge in [-0.2, -0.15) is 0 Å². The molecule has 0 spiro atoms. The lowest BCUT2D eigenvalue weighted by Crippen LogP contribution is -2.21. The molecule has 1 fully saturated rings. The standard InChI is InChI=1S/C14H24N2S/c1-10(14-11(2)16-12(3)17-14)15-9-8-13-6-4-5-7-13/h10,13,15H,4-9H2,1-3H3. The molecule has 3 heteroatoms. The summed E-state index contributed by atoms with van der Waals surface area (Å²) in [6.07, 6.45) is 7.16. The summed E-state index contributed by atoms with van der Waals surface area (Å²) in [6.45, 7) is 7.62. The van der Waals surface area contributed by atoms with Crippen LogP contribution in [0.2, 0.25) is 0 Å². The Kier molecular flexibility index (Phi) is 4.57. The Hall–Kier alpha value is -0.410. The van der Waals surface area contributed by atoms with E-state index in [0.29, 0.717) is 6.04 Å². The summed E-state index contributed by atoms with van der Waals surface area (Å²) in [7, 11) is 0. The van der Waals surface area contributed by atoms with Crippen molar-refractivity contribution in [3.8, 4) is 0 Å². The molecule has 0 aliphatic heterocycles. The number of aromatic nitrogens is 1. The maximum atomic E-state index is 4.50. The number of hydrogen-bond acceptors (Lipinski definition) is 3. The van der Waals surface area contributed by atoms with Crippen molar-refractivity contribution in [2.75, 3.05) is 6.54 Å². The molecule has 0 amide bonds. The number of thiazole rings is 1. The van der Waals surface area contributed by atoms with Gasteiger partial charge in [-0.1, -0.05) is 25.7 Å². The Morgan fingerprint density at radius 1 is 1.35 bits per heavy atom. The van der Waals surface area contributed by atoms with E-state index in [1.165, 1.54) is 47.7 Å². The summed E-state index contributed by atoms with van der Waals surface area (Å²) >= 11 is 1.83. The smallest absolute Gasteiger partial charge is 0.0900 e. The number of hydrogen-bond donors (Lipinski definition) is 1. The lowest BCUT2D eigenvalue weighted by atomic mass is 10.0. The predicted octanol–water partition coefficient (Wildman–Crippen LogP) is 3.99. The Morgan fingerprint density at radius 2 is 2.06 bits per heavy atom. The maximum absolute atomic E-state index is 4.50.